The number of ether oxygens (including phenoxy) is 1. The number of nitrogens with zero attached hydrogens (tertiary/aromatic N) is 5. The molecule has 1 atom stereocenters. The predicted molar refractivity (Wildman–Crippen MR) is 103 cm³/mol. The number of hydrogen-bond donors (Lipinski definition) is 0. The van der Waals surface area contributed by atoms with E-state index in [-0.39, 0.29) is 28.8 Å². The quantitative estimate of drug-likeness (QED) is 0.461. The van der Waals surface area contributed by atoms with E-state index in [4.69, 9.17) is 4.74 Å². The Morgan fingerprint density at radius 3 is 2.83 bits per heavy atom. The Hall–Kier alpha value is -3.05. The van der Waals surface area contributed by atoms with Crippen molar-refractivity contribution >= 4 is 21.4 Å². The Labute approximate surface area is 166 Å². The number of hydrogen-bond acceptors (Lipinski definition) is 7. The highest BCUT2D eigenvalue weighted by Crippen LogP contribution is 2.34. The molecule has 3 heterocycles. The first-order valence-corrected chi connectivity index (χ1v) is 10.5. The number of nitro benzene ring substituents is 1. The molecule has 11 heteroatoms. The third-order valence-electron chi connectivity index (χ3n) is 5.07. The van der Waals surface area contributed by atoms with E-state index in [0.29, 0.717) is 18.6 Å². The largest absolute Gasteiger partial charge is 0.495 e. The zero-order chi connectivity index (χ0) is 20.6. The van der Waals surface area contributed by atoms with Gasteiger partial charge in [-0.3, -0.25) is 14.5 Å². The molecule has 0 radical (unpaired) electrons. The van der Waals surface area contributed by atoms with Crippen molar-refractivity contribution in [2.75, 3.05) is 20.2 Å². The molecule has 1 aliphatic heterocycles. The van der Waals surface area contributed by atoms with Gasteiger partial charge in [-0.1, -0.05) is 6.07 Å². The summed E-state index contributed by atoms with van der Waals surface area (Å²) >= 11 is 0. The van der Waals surface area contributed by atoms with Crippen molar-refractivity contribution in [3.8, 4) is 5.75 Å². The number of aromatic nitrogens is 3. The highest BCUT2D eigenvalue weighted by atomic mass is 32.2. The maximum absolute atomic E-state index is 13.3. The van der Waals surface area contributed by atoms with Crippen LogP contribution in [0.4, 0.5) is 5.69 Å². The summed E-state index contributed by atoms with van der Waals surface area (Å²) in [5.74, 6) is 0.561. The molecule has 0 amide bonds. The van der Waals surface area contributed by atoms with E-state index in [2.05, 4.69) is 10.2 Å². The van der Waals surface area contributed by atoms with Crippen LogP contribution in [0.25, 0.3) is 5.65 Å². The van der Waals surface area contributed by atoms with Crippen LogP contribution in [0.1, 0.15) is 24.6 Å². The summed E-state index contributed by atoms with van der Waals surface area (Å²) in [7, 11) is -2.61. The van der Waals surface area contributed by atoms with Gasteiger partial charge in [0.2, 0.25) is 10.0 Å². The second-order valence-electron chi connectivity index (χ2n) is 6.78. The third kappa shape index (κ3) is 3.42. The van der Waals surface area contributed by atoms with Crippen LogP contribution in [0.5, 0.6) is 5.75 Å². The van der Waals surface area contributed by atoms with Gasteiger partial charge in [-0.05, 0) is 31.0 Å². The lowest BCUT2D eigenvalue weighted by atomic mass is 9.99. The van der Waals surface area contributed by atoms with Crippen LogP contribution in [0, 0.1) is 10.1 Å². The van der Waals surface area contributed by atoms with Gasteiger partial charge in [0, 0.05) is 31.3 Å². The van der Waals surface area contributed by atoms with Gasteiger partial charge >= 0.3 is 0 Å². The lowest BCUT2D eigenvalue weighted by molar-refractivity contribution is -0.385. The number of benzene rings is 1. The van der Waals surface area contributed by atoms with Crippen molar-refractivity contribution in [1.82, 2.24) is 18.9 Å². The Balaban J connectivity index is 1.66. The second kappa shape index (κ2) is 7.41. The predicted octanol–water partition coefficient (Wildman–Crippen LogP) is 2.21. The van der Waals surface area contributed by atoms with Crippen LogP contribution in [0.2, 0.25) is 0 Å². The van der Waals surface area contributed by atoms with Crippen molar-refractivity contribution in [1.29, 1.82) is 0 Å². The Morgan fingerprint density at radius 1 is 1.24 bits per heavy atom. The number of pyridine rings is 1. The third-order valence-corrected chi connectivity index (χ3v) is 6.97. The average molecular weight is 417 g/mol. The standard InChI is InChI=1S/C18H19N5O5S/c1-28-15-11-14(23(24)25)7-8-16(15)29(26,27)21-9-4-5-13(12-21)18-20-19-17-6-2-3-10-22(17)18/h2-3,6-8,10-11,13H,4-5,9,12H2,1H3/t13-/m0/s1. The number of non-ortho nitro benzene ring substituents is 1. The fourth-order valence-electron chi connectivity index (χ4n) is 3.63. The van der Waals surface area contributed by atoms with E-state index in [9.17, 15) is 18.5 Å². The smallest absolute Gasteiger partial charge is 0.273 e. The first-order chi connectivity index (χ1) is 13.9. The van der Waals surface area contributed by atoms with Crippen molar-refractivity contribution in [3.63, 3.8) is 0 Å². The minimum Gasteiger partial charge on any atom is -0.495 e. The van der Waals surface area contributed by atoms with Gasteiger partial charge in [-0.25, -0.2) is 8.42 Å². The number of methoxy groups -OCH3 is 1. The minimum atomic E-state index is -3.90. The van der Waals surface area contributed by atoms with Crippen LogP contribution in [-0.2, 0) is 10.0 Å². The zero-order valence-corrected chi connectivity index (χ0v) is 16.4. The first-order valence-electron chi connectivity index (χ1n) is 9.04. The molecule has 0 spiro atoms. The topological polar surface area (TPSA) is 120 Å². The van der Waals surface area contributed by atoms with Crippen molar-refractivity contribution in [2.45, 2.75) is 23.7 Å². The molecule has 1 saturated heterocycles. The molecule has 10 nitrogen and oxygen atoms in total. The molecule has 0 N–H and O–H groups in total. The molecule has 29 heavy (non-hydrogen) atoms. The normalized spacial score (nSPS) is 18.0. The highest BCUT2D eigenvalue weighted by Gasteiger charge is 2.35. The summed E-state index contributed by atoms with van der Waals surface area (Å²) in [5, 5.41) is 19.4. The lowest BCUT2D eigenvalue weighted by Crippen LogP contribution is -2.39. The first kappa shape index (κ1) is 19.3. The van der Waals surface area contributed by atoms with E-state index in [1.54, 1.807) is 0 Å². The van der Waals surface area contributed by atoms with Crippen LogP contribution in [0.15, 0.2) is 47.5 Å². The number of piperidine rings is 1. The van der Waals surface area contributed by atoms with E-state index in [0.717, 1.165) is 18.3 Å². The van der Waals surface area contributed by atoms with E-state index >= 15 is 0 Å². The maximum Gasteiger partial charge on any atom is 0.273 e. The molecule has 4 rings (SSSR count). The molecule has 0 bridgehead atoms. The molecular weight excluding hydrogens is 398 g/mol. The number of nitro groups is 1. The van der Waals surface area contributed by atoms with Gasteiger partial charge in [0.15, 0.2) is 5.65 Å². The molecule has 152 valence electrons. The van der Waals surface area contributed by atoms with Crippen LogP contribution in [-0.4, -0.2) is 52.4 Å². The molecule has 1 aliphatic rings. The van der Waals surface area contributed by atoms with Crippen LogP contribution < -0.4 is 4.74 Å². The van der Waals surface area contributed by atoms with Gasteiger partial charge in [0.05, 0.1) is 18.1 Å². The number of fused-ring (bicyclic) bond motifs is 1. The fourth-order valence-corrected chi connectivity index (χ4v) is 5.29. The van der Waals surface area contributed by atoms with E-state index in [1.165, 1.54) is 23.5 Å². The molecule has 1 fully saturated rings. The van der Waals surface area contributed by atoms with Crippen molar-refractivity contribution in [3.05, 3.63) is 58.5 Å². The Morgan fingerprint density at radius 2 is 2.07 bits per heavy atom. The highest BCUT2D eigenvalue weighted by molar-refractivity contribution is 7.89. The summed E-state index contributed by atoms with van der Waals surface area (Å²) in [6.07, 6.45) is 3.32. The zero-order valence-electron chi connectivity index (χ0n) is 15.6. The summed E-state index contributed by atoms with van der Waals surface area (Å²) in [5.41, 5.74) is 0.478. The van der Waals surface area contributed by atoms with Gasteiger partial charge in [0.1, 0.15) is 16.5 Å². The molecular formula is C18H19N5O5S. The van der Waals surface area contributed by atoms with E-state index in [1.807, 2.05) is 28.8 Å². The average Bonchev–Trinajstić information content (AvgIpc) is 3.17. The molecule has 3 aromatic rings. The van der Waals surface area contributed by atoms with Crippen LogP contribution >= 0.6 is 0 Å². The maximum atomic E-state index is 13.3. The molecule has 0 unspecified atom stereocenters. The minimum absolute atomic E-state index is 0.0470. The molecule has 2 aromatic heterocycles. The molecule has 0 aliphatic carbocycles. The summed E-state index contributed by atoms with van der Waals surface area (Å²) in [6.45, 7) is 0.605. The van der Waals surface area contributed by atoms with Gasteiger partial charge in [-0.2, -0.15) is 4.31 Å². The van der Waals surface area contributed by atoms with E-state index < -0.39 is 14.9 Å². The van der Waals surface area contributed by atoms with Crippen molar-refractivity contribution < 1.29 is 18.1 Å². The summed E-state index contributed by atoms with van der Waals surface area (Å²) < 4.78 is 34.9. The van der Waals surface area contributed by atoms with Crippen LogP contribution in [0.3, 0.4) is 0 Å². The summed E-state index contributed by atoms with van der Waals surface area (Å²) in [6, 6.07) is 9.10. The fraction of sp³-hybridized carbons (Fsp3) is 0.333. The summed E-state index contributed by atoms with van der Waals surface area (Å²) in [4.78, 5) is 10.3. The Bertz CT molecular complexity index is 1180. The number of sulfonamides is 1. The van der Waals surface area contributed by atoms with Gasteiger partial charge in [-0.15, -0.1) is 10.2 Å². The SMILES string of the molecule is COc1cc([N+](=O)[O-])ccc1S(=O)(=O)N1CCC[C@H](c2nnc3ccccn23)C1. The monoisotopic (exact) mass is 417 g/mol. The number of rotatable bonds is 5. The second-order valence-corrected chi connectivity index (χ2v) is 8.69. The van der Waals surface area contributed by atoms with Crippen molar-refractivity contribution in [2.24, 2.45) is 0 Å². The van der Waals surface area contributed by atoms with Gasteiger partial charge in [0.25, 0.3) is 5.69 Å². The molecule has 0 saturated carbocycles. The Kier molecular flexibility index (Phi) is 4.92. The molecule has 1 aromatic carbocycles. The lowest BCUT2D eigenvalue weighted by Gasteiger charge is -2.31. The van der Waals surface area contributed by atoms with Gasteiger partial charge < -0.3 is 4.74 Å².